The Morgan fingerprint density at radius 1 is 1.14 bits per heavy atom. The Kier molecular flexibility index (Phi) is 3.88. The van der Waals surface area contributed by atoms with Crippen molar-refractivity contribution in [2.75, 3.05) is 0 Å². The first-order valence-electron chi connectivity index (χ1n) is 7.11. The highest BCUT2D eigenvalue weighted by molar-refractivity contribution is 5.35. The number of aryl methyl sites for hydroxylation is 1. The first kappa shape index (κ1) is 14.0. The average molecular weight is 289 g/mol. The first-order valence-corrected chi connectivity index (χ1v) is 7.11. The van der Waals surface area contributed by atoms with Crippen LogP contribution < -0.4 is 10.5 Å². The maximum absolute atomic E-state index is 14.0. The Bertz CT molecular complexity index is 634. The van der Waals surface area contributed by atoms with E-state index in [4.69, 9.17) is 10.5 Å². The van der Waals surface area contributed by atoms with Crippen LogP contribution in [0, 0.1) is 11.6 Å². The van der Waals surface area contributed by atoms with Crippen LogP contribution in [0.25, 0.3) is 0 Å². The lowest BCUT2D eigenvalue weighted by atomic mass is 9.89. The van der Waals surface area contributed by atoms with Crippen molar-refractivity contribution in [3.05, 3.63) is 64.7 Å². The molecule has 0 saturated carbocycles. The van der Waals surface area contributed by atoms with Crippen molar-refractivity contribution in [3.63, 3.8) is 0 Å². The van der Waals surface area contributed by atoms with Crippen LogP contribution in [-0.2, 0) is 13.0 Å². The second-order valence-electron chi connectivity index (χ2n) is 5.29. The lowest BCUT2D eigenvalue weighted by Crippen LogP contribution is -2.16. The van der Waals surface area contributed by atoms with E-state index in [9.17, 15) is 8.78 Å². The summed E-state index contributed by atoms with van der Waals surface area (Å²) in [7, 11) is 0. The van der Waals surface area contributed by atoms with Gasteiger partial charge in [-0.1, -0.05) is 24.3 Å². The maximum atomic E-state index is 14.0. The highest BCUT2D eigenvalue weighted by atomic mass is 19.1. The first-order chi connectivity index (χ1) is 10.2. The van der Waals surface area contributed by atoms with Gasteiger partial charge in [0.1, 0.15) is 6.10 Å². The average Bonchev–Trinajstić information content (AvgIpc) is 2.50. The predicted octanol–water partition coefficient (Wildman–Crippen LogP) is 3.88. The highest BCUT2D eigenvalue weighted by Gasteiger charge is 2.24. The Balaban J connectivity index is 1.92. The summed E-state index contributed by atoms with van der Waals surface area (Å²) in [5.74, 6) is -1.70. The lowest BCUT2D eigenvalue weighted by Gasteiger charge is -2.26. The van der Waals surface area contributed by atoms with Crippen molar-refractivity contribution in [1.82, 2.24) is 0 Å². The Morgan fingerprint density at radius 3 is 2.57 bits per heavy atom. The van der Waals surface area contributed by atoms with E-state index in [1.165, 1.54) is 17.7 Å². The summed E-state index contributed by atoms with van der Waals surface area (Å²) in [6.07, 6.45) is 2.38. The minimum absolute atomic E-state index is 0.0976. The van der Waals surface area contributed by atoms with Crippen molar-refractivity contribution in [3.8, 4) is 5.75 Å². The van der Waals surface area contributed by atoms with Gasteiger partial charge < -0.3 is 10.5 Å². The van der Waals surface area contributed by atoms with Gasteiger partial charge in [-0.25, -0.2) is 8.78 Å². The van der Waals surface area contributed by atoms with Crippen LogP contribution in [0.3, 0.4) is 0 Å². The molecule has 0 amide bonds. The van der Waals surface area contributed by atoms with E-state index in [-0.39, 0.29) is 18.4 Å². The molecule has 1 aliphatic rings. The van der Waals surface area contributed by atoms with Gasteiger partial charge in [0.05, 0.1) is 0 Å². The monoisotopic (exact) mass is 289 g/mol. The maximum Gasteiger partial charge on any atom is 0.191 e. The van der Waals surface area contributed by atoms with Crippen LogP contribution in [-0.4, -0.2) is 0 Å². The van der Waals surface area contributed by atoms with Gasteiger partial charge in [-0.3, -0.25) is 0 Å². The van der Waals surface area contributed by atoms with Gasteiger partial charge in [-0.15, -0.1) is 0 Å². The molecule has 1 atom stereocenters. The number of fused-ring (bicyclic) bond motifs is 1. The van der Waals surface area contributed by atoms with Gasteiger partial charge in [0.15, 0.2) is 17.4 Å². The van der Waals surface area contributed by atoms with E-state index in [1.54, 1.807) is 0 Å². The molecule has 0 spiro atoms. The van der Waals surface area contributed by atoms with Crippen molar-refractivity contribution in [1.29, 1.82) is 0 Å². The molecule has 3 rings (SSSR count). The summed E-state index contributed by atoms with van der Waals surface area (Å²) < 4.78 is 33.7. The molecular formula is C17H17F2NO. The zero-order chi connectivity index (χ0) is 14.8. The third-order valence-electron chi connectivity index (χ3n) is 3.87. The summed E-state index contributed by atoms with van der Waals surface area (Å²) in [4.78, 5) is 0. The van der Waals surface area contributed by atoms with Crippen LogP contribution in [0.15, 0.2) is 36.4 Å². The molecule has 0 saturated heterocycles. The Morgan fingerprint density at radius 2 is 1.86 bits per heavy atom. The van der Waals surface area contributed by atoms with Gasteiger partial charge in [0.2, 0.25) is 0 Å². The minimum atomic E-state index is -0.696. The molecule has 2 aromatic carbocycles. The molecule has 2 nitrogen and oxygen atoms in total. The third-order valence-corrected chi connectivity index (χ3v) is 3.87. The second-order valence-corrected chi connectivity index (χ2v) is 5.29. The van der Waals surface area contributed by atoms with Crippen molar-refractivity contribution in [2.24, 2.45) is 5.73 Å². The van der Waals surface area contributed by atoms with Crippen molar-refractivity contribution < 1.29 is 13.5 Å². The molecule has 0 radical (unpaired) electrons. The van der Waals surface area contributed by atoms with E-state index in [2.05, 4.69) is 0 Å². The number of ether oxygens (including phenoxy) is 1. The second kappa shape index (κ2) is 5.82. The summed E-state index contributed by atoms with van der Waals surface area (Å²) in [5.41, 5.74) is 8.04. The van der Waals surface area contributed by atoms with E-state index in [1.807, 2.05) is 24.3 Å². The molecule has 1 unspecified atom stereocenters. The highest BCUT2D eigenvalue weighted by Crippen LogP contribution is 2.35. The SMILES string of the molecule is NCc1cc(F)c(OC2CCCc3ccccc32)c(F)c1. The third kappa shape index (κ3) is 2.76. The molecule has 1 aliphatic carbocycles. The molecular weight excluding hydrogens is 272 g/mol. The predicted molar refractivity (Wildman–Crippen MR) is 77.0 cm³/mol. The largest absolute Gasteiger partial charge is 0.480 e. The number of hydrogen-bond donors (Lipinski definition) is 1. The summed E-state index contributed by atoms with van der Waals surface area (Å²) in [5, 5.41) is 0. The standard InChI is InChI=1S/C17H17F2NO/c18-14-8-11(10-20)9-15(19)17(14)21-16-7-3-5-12-4-1-2-6-13(12)16/h1-2,4,6,8-9,16H,3,5,7,10,20H2. The Labute approximate surface area is 122 Å². The molecule has 110 valence electrons. The van der Waals surface area contributed by atoms with Crippen LogP contribution in [0.1, 0.15) is 35.6 Å². The molecule has 21 heavy (non-hydrogen) atoms. The zero-order valence-corrected chi connectivity index (χ0v) is 11.6. The zero-order valence-electron chi connectivity index (χ0n) is 11.6. The fraction of sp³-hybridized carbons (Fsp3) is 0.294. The molecule has 0 bridgehead atoms. The van der Waals surface area contributed by atoms with E-state index >= 15 is 0 Å². The quantitative estimate of drug-likeness (QED) is 0.930. The van der Waals surface area contributed by atoms with E-state index in [0.717, 1.165) is 24.8 Å². The topological polar surface area (TPSA) is 35.2 Å². The normalized spacial score (nSPS) is 17.4. The number of halogens is 2. The minimum Gasteiger partial charge on any atom is -0.480 e. The number of hydrogen-bond acceptors (Lipinski definition) is 2. The number of rotatable bonds is 3. The fourth-order valence-electron chi connectivity index (χ4n) is 2.82. The summed E-state index contributed by atoms with van der Waals surface area (Å²) in [6, 6.07) is 10.3. The van der Waals surface area contributed by atoms with Crippen LogP contribution in [0.5, 0.6) is 5.75 Å². The lowest BCUT2D eigenvalue weighted by molar-refractivity contribution is 0.167. The molecule has 0 aliphatic heterocycles. The molecule has 0 heterocycles. The molecule has 2 N–H and O–H groups in total. The summed E-state index contributed by atoms with van der Waals surface area (Å²) >= 11 is 0. The smallest absolute Gasteiger partial charge is 0.191 e. The molecule has 0 aromatic heterocycles. The van der Waals surface area contributed by atoms with Crippen molar-refractivity contribution in [2.45, 2.75) is 31.9 Å². The van der Waals surface area contributed by atoms with E-state index < -0.39 is 11.6 Å². The number of nitrogens with two attached hydrogens (primary N) is 1. The molecule has 4 heteroatoms. The number of benzene rings is 2. The van der Waals surface area contributed by atoms with Gasteiger partial charge in [-0.2, -0.15) is 0 Å². The van der Waals surface area contributed by atoms with Gasteiger partial charge in [0.25, 0.3) is 0 Å². The Hall–Kier alpha value is -1.94. The van der Waals surface area contributed by atoms with Crippen LogP contribution in [0.2, 0.25) is 0 Å². The van der Waals surface area contributed by atoms with Gasteiger partial charge >= 0.3 is 0 Å². The fourth-order valence-corrected chi connectivity index (χ4v) is 2.82. The molecule has 0 fully saturated rings. The van der Waals surface area contributed by atoms with Crippen LogP contribution >= 0.6 is 0 Å². The van der Waals surface area contributed by atoms with Gasteiger partial charge in [0, 0.05) is 6.54 Å². The molecule has 2 aromatic rings. The van der Waals surface area contributed by atoms with Crippen molar-refractivity contribution >= 4 is 0 Å². The van der Waals surface area contributed by atoms with E-state index in [0.29, 0.717) is 5.56 Å². The van der Waals surface area contributed by atoms with Crippen LogP contribution in [0.4, 0.5) is 8.78 Å². The van der Waals surface area contributed by atoms with Gasteiger partial charge in [-0.05, 0) is 48.1 Å². The summed E-state index contributed by atoms with van der Waals surface area (Å²) in [6.45, 7) is 0.0976.